The minimum atomic E-state index is 0.577. The summed E-state index contributed by atoms with van der Waals surface area (Å²) in [6.07, 6.45) is 0. The summed E-state index contributed by atoms with van der Waals surface area (Å²) in [6, 6.07) is 2.06. The van der Waals surface area contributed by atoms with Gasteiger partial charge in [0.1, 0.15) is 10.7 Å². The van der Waals surface area contributed by atoms with E-state index in [4.69, 9.17) is 5.84 Å². The van der Waals surface area contributed by atoms with Crippen LogP contribution in [0.15, 0.2) is 6.07 Å². The van der Waals surface area contributed by atoms with E-state index in [-0.39, 0.29) is 0 Å². The number of hydrogen-bond donors (Lipinski definition) is 2. The average molecular weight is 268 g/mol. The van der Waals surface area contributed by atoms with E-state index in [9.17, 15) is 0 Å². The molecule has 0 amide bonds. The summed E-state index contributed by atoms with van der Waals surface area (Å²) < 4.78 is 0. The number of hydrazine groups is 1. The maximum atomic E-state index is 5.51. The van der Waals surface area contributed by atoms with Crippen molar-refractivity contribution in [3.05, 3.63) is 16.8 Å². The highest BCUT2D eigenvalue weighted by molar-refractivity contribution is 7.99. The predicted molar refractivity (Wildman–Crippen MR) is 76.4 cm³/mol. The number of nitrogens with one attached hydrogen (secondary N) is 1. The van der Waals surface area contributed by atoms with Crippen LogP contribution < -0.4 is 11.3 Å². The first-order valence-electron chi connectivity index (χ1n) is 5.45. The molecule has 0 unspecified atom stereocenters. The lowest BCUT2D eigenvalue weighted by Crippen LogP contribution is -2.10. The van der Waals surface area contributed by atoms with E-state index in [1.165, 1.54) is 4.88 Å². The van der Waals surface area contributed by atoms with Gasteiger partial charge in [0.25, 0.3) is 0 Å². The van der Waals surface area contributed by atoms with Crippen molar-refractivity contribution in [1.29, 1.82) is 0 Å². The summed E-state index contributed by atoms with van der Waals surface area (Å²) in [5.74, 6) is 7.89. The Hall–Kier alpha value is -0.850. The van der Waals surface area contributed by atoms with Crippen molar-refractivity contribution in [2.75, 3.05) is 5.43 Å². The quantitative estimate of drug-likeness (QED) is 0.659. The van der Waals surface area contributed by atoms with Gasteiger partial charge < -0.3 is 5.43 Å². The first-order chi connectivity index (χ1) is 8.10. The van der Waals surface area contributed by atoms with E-state index < -0.39 is 0 Å². The van der Waals surface area contributed by atoms with Crippen LogP contribution in [0.25, 0.3) is 10.2 Å². The Balaban J connectivity index is 2.37. The van der Waals surface area contributed by atoms with Gasteiger partial charge >= 0.3 is 0 Å². The average Bonchev–Trinajstić information content (AvgIpc) is 2.65. The zero-order chi connectivity index (χ0) is 12.4. The Morgan fingerprint density at radius 3 is 2.88 bits per heavy atom. The van der Waals surface area contributed by atoms with Gasteiger partial charge in [-0.15, -0.1) is 11.3 Å². The molecule has 0 saturated heterocycles. The largest absolute Gasteiger partial charge is 0.308 e. The van der Waals surface area contributed by atoms with Crippen LogP contribution in [0.4, 0.5) is 5.82 Å². The summed E-state index contributed by atoms with van der Waals surface area (Å²) in [5.41, 5.74) is 2.66. The second-order valence-electron chi connectivity index (χ2n) is 4.07. The van der Waals surface area contributed by atoms with Crippen LogP contribution in [0.5, 0.6) is 0 Å². The molecular formula is C11H16N4S2. The number of rotatable bonds is 4. The Kier molecular flexibility index (Phi) is 3.86. The van der Waals surface area contributed by atoms with E-state index in [0.29, 0.717) is 5.25 Å². The normalized spacial score (nSPS) is 11.4. The third-order valence-electron chi connectivity index (χ3n) is 2.24. The number of nitrogen functional groups attached to an aromatic ring is 1. The van der Waals surface area contributed by atoms with E-state index >= 15 is 0 Å². The van der Waals surface area contributed by atoms with Crippen LogP contribution in [0.2, 0.25) is 0 Å². The van der Waals surface area contributed by atoms with Crippen LogP contribution in [0, 0.1) is 6.92 Å². The van der Waals surface area contributed by atoms with Crippen LogP contribution in [0.3, 0.4) is 0 Å². The molecule has 0 saturated carbocycles. The van der Waals surface area contributed by atoms with Gasteiger partial charge in [-0.2, -0.15) is 11.8 Å². The molecule has 4 nitrogen and oxygen atoms in total. The Bertz CT molecular complexity index is 521. The molecule has 6 heteroatoms. The Morgan fingerprint density at radius 1 is 1.47 bits per heavy atom. The fourth-order valence-electron chi connectivity index (χ4n) is 1.50. The Morgan fingerprint density at radius 2 is 2.24 bits per heavy atom. The monoisotopic (exact) mass is 268 g/mol. The lowest BCUT2D eigenvalue weighted by molar-refractivity contribution is 1.05. The molecule has 2 aromatic rings. The minimum Gasteiger partial charge on any atom is -0.308 e. The number of thioether (sulfide) groups is 1. The maximum absolute atomic E-state index is 5.51. The zero-order valence-electron chi connectivity index (χ0n) is 10.2. The van der Waals surface area contributed by atoms with E-state index in [1.54, 1.807) is 11.3 Å². The molecule has 0 bridgehead atoms. The molecule has 17 heavy (non-hydrogen) atoms. The van der Waals surface area contributed by atoms with Crippen molar-refractivity contribution in [3.63, 3.8) is 0 Å². The molecule has 92 valence electrons. The topological polar surface area (TPSA) is 63.8 Å². The third-order valence-corrected chi connectivity index (χ3v) is 4.28. The fourth-order valence-corrected chi connectivity index (χ4v) is 3.01. The molecule has 0 aliphatic heterocycles. The molecule has 0 aliphatic carbocycles. The fraction of sp³-hybridized carbons (Fsp3) is 0.455. The van der Waals surface area contributed by atoms with Gasteiger partial charge in [0, 0.05) is 4.88 Å². The van der Waals surface area contributed by atoms with Crippen molar-refractivity contribution in [2.24, 2.45) is 5.84 Å². The molecule has 3 N–H and O–H groups in total. The summed E-state index contributed by atoms with van der Waals surface area (Å²) in [4.78, 5) is 11.2. The molecule has 2 aromatic heterocycles. The minimum absolute atomic E-state index is 0.577. The smallest absolute Gasteiger partial charge is 0.152 e. The third kappa shape index (κ3) is 2.88. The number of hydrogen-bond acceptors (Lipinski definition) is 6. The van der Waals surface area contributed by atoms with E-state index in [1.807, 2.05) is 11.8 Å². The molecule has 0 aromatic carbocycles. The zero-order valence-corrected chi connectivity index (χ0v) is 11.8. The van der Waals surface area contributed by atoms with Crippen molar-refractivity contribution in [2.45, 2.75) is 31.8 Å². The van der Waals surface area contributed by atoms with Gasteiger partial charge in [0.2, 0.25) is 0 Å². The highest BCUT2D eigenvalue weighted by Crippen LogP contribution is 2.29. The molecule has 0 atom stereocenters. The number of anilines is 1. The second kappa shape index (κ2) is 5.20. The lowest BCUT2D eigenvalue weighted by atomic mass is 10.3. The maximum Gasteiger partial charge on any atom is 0.152 e. The summed E-state index contributed by atoms with van der Waals surface area (Å²) in [5, 5.41) is 1.59. The van der Waals surface area contributed by atoms with Gasteiger partial charge in [-0.3, -0.25) is 0 Å². The van der Waals surface area contributed by atoms with Gasteiger partial charge in [-0.25, -0.2) is 15.8 Å². The van der Waals surface area contributed by atoms with Crippen molar-refractivity contribution < 1.29 is 0 Å². The molecule has 2 heterocycles. The number of fused-ring (bicyclic) bond motifs is 1. The van der Waals surface area contributed by atoms with Crippen molar-refractivity contribution >= 4 is 39.1 Å². The van der Waals surface area contributed by atoms with Crippen LogP contribution in [-0.2, 0) is 5.75 Å². The van der Waals surface area contributed by atoms with Crippen LogP contribution in [-0.4, -0.2) is 15.2 Å². The van der Waals surface area contributed by atoms with Gasteiger partial charge in [-0.05, 0) is 18.2 Å². The highest BCUT2D eigenvalue weighted by atomic mass is 32.2. The Labute approximate surface area is 109 Å². The highest BCUT2D eigenvalue weighted by Gasteiger charge is 2.10. The summed E-state index contributed by atoms with van der Waals surface area (Å²) in [6.45, 7) is 6.40. The van der Waals surface area contributed by atoms with E-state index in [2.05, 4.69) is 42.2 Å². The predicted octanol–water partition coefficient (Wildman–Crippen LogP) is 2.93. The molecular weight excluding hydrogens is 252 g/mol. The first kappa shape index (κ1) is 12.6. The number of aryl methyl sites for hydroxylation is 1. The van der Waals surface area contributed by atoms with Crippen LogP contribution >= 0.6 is 23.1 Å². The molecule has 0 fully saturated rings. The second-order valence-corrected chi connectivity index (χ2v) is 6.87. The van der Waals surface area contributed by atoms with Gasteiger partial charge in [-0.1, -0.05) is 13.8 Å². The molecule has 0 aliphatic rings. The molecule has 2 rings (SSSR count). The SMILES string of the molecule is Cc1cc2c(NN)nc(CSC(C)C)nc2s1. The van der Waals surface area contributed by atoms with Gasteiger partial charge in [0.15, 0.2) is 5.82 Å². The van der Waals surface area contributed by atoms with Crippen molar-refractivity contribution in [1.82, 2.24) is 9.97 Å². The molecule has 0 radical (unpaired) electrons. The van der Waals surface area contributed by atoms with E-state index in [0.717, 1.165) is 27.6 Å². The lowest BCUT2D eigenvalue weighted by Gasteiger charge is -2.06. The summed E-state index contributed by atoms with van der Waals surface area (Å²) >= 11 is 3.50. The standard InChI is InChI=1S/C11H16N4S2/c1-6(2)16-5-9-13-10(15-12)8-4-7(3)17-11(8)14-9/h4,6H,5,12H2,1-3H3,(H,13,14,15). The van der Waals surface area contributed by atoms with Crippen LogP contribution in [0.1, 0.15) is 24.5 Å². The first-order valence-corrected chi connectivity index (χ1v) is 7.32. The van der Waals surface area contributed by atoms with Crippen molar-refractivity contribution in [3.8, 4) is 0 Å². The molecule has 0 spiro atoms. The number of thiophene rings is 1. The number of nitrogens with two attached hydrogens (primary N) is 1. The number of nitrogens with zero attached hydrogens (tertiary/aromatic N) is 2. The van der Waals surface area contributed by atoms with Gasteiger partial charge in [0.05, 0.1) is 11.1 Å². The number of aromatic nitrogens is 2. The summed E-state index contributed by atoms with van der Waals surface area (Å²) in [7, 11) is 0.